The highest BCUT2D eigenvalue weighted by molar-refractivity contribution is 4.79. The number of nitrogens with zero attached hydrogens (tertiary/aromatic N) is 2. The van der Waals surface area contributed by atoms with Gasteiger partial charge in [-0.05, 0) is 25.3 Å². The van der Waals surface area contributed by atoms with Crippen LogP contribution in [0, 0.1) is 5.92 Å². The second kappa shape index (κ2) is 7.45. The van der Waals surface area contributed by atoms with E-state index in [4.69, 9.17) is 0 Å². The van der Waals surface area contributed by atoms with Gasteiger partial charge in [-0.1, -0.05) is 20.3 Å². The van der Waals surface area contributed by atoms with Gasteiger partial charge in [0.05, 0.1) is 12.6 Å². The summed E-state index contributed by atoms with van der Waals surface area (Å²) in [7, 11) is 0. The Labute approximate surface area is 104 Å². The fourth-order valence-corrected chi connectivity index (χ4v) is 1.88. The summed E-state index contributed by atoms with van der Waals surface area (Å²) < 4.78 is 1.76. The largest absolute Gasteiger partial charge is 0.390 e. The van der Waals surface area contributed by atoms with Crippen molar-refractivity contribution in [1.82, 2.24) is 15.1 Å². The molecule has 0 aliphatic heterocycles. The van der Waals surface area contributed by atoms with E-state index < -0.39 is 0 Å². The smallest absolute Gasteiger partial charge is 0.0860 e. The Bertz CT molecular complexity index is 287. The molecule has 3 atom stereocenters. The summed E-state index contributed by atoms with van der Waals surface area (Å²) in [6.07, 6.45) is 5.58. The van der Waals surface area contributed by atoms with Gasteiger partial charge in [0.25, 0.3) is 0 Å². The molecule has 0 aliphatic rings. The number of hydrogen-bond acceptors (Lipinski definition) is 3. The molecule has 2 N–H and O–H groups in total. The molecule has 0 bridgehead atoms. The van der Waals surface area contributed by atoms with Gasteiger partial charge in [-0.2, -0.15) is 5.10 Å². The van der Waals surface area contributed by atoms with E-state index in [1.165, 1.54) is 6.42 Å². The molecule has 0 saturated carbocycles. The third-order valence-electron chi connectivity index (χ3n) is 3.11. The zero-order chi connectivity index (χ0) is 12.7. The van der Waals surface area contributed by atoms with E-state index in [0.717, 1.165) is 12.3 Å². The molecule has 0 radical (unpaired) electrons. The predicted octanol–water partition coefficient (Wildman–Crippen LogP) is 1.66. The van der Waals surface area contributed by atoms with Crippen LogP contribution in [0.2, 0.25) is 0 Å². The molecule has 0 amide bonds. The van der Waals surface area contributed by atoms with Crippen molar-refractivity contribution in [2.45, 2.75) is 52.3 Å². The molecule has 1 aromatic rings. The fraction of sp³-hybridized carbons (Fsp3) is 0.769. The third-order valence-corrected chi connectivity index (χ3v) is 3.11. The van der Waals surface area contributed by atoms with E-state index in [1.807, 2.05) is 12.3 Å². The first-order valence-electron chi connectivity index (χ1n) is 6.50. The first-order valence-corrected chi connectivity index (χ1v) is 6.50. The first kappa shape index (κ1) is 14.2. The fourth-order valence-electron chi connectivity index (χ4n) is 1.88. The van der Waals surface area contributed by atoms with E-state index >= 15 is 0 Å². The lowest BCUT2D eigenvalue weighted by Crippen LogP contribution is -2.36. The summed E-state index contributed by atoms with van der Waals surface area (Å²) in [5.41, 5.74) is 0. The molecule has 1 aromatic heterocycles. The van der Waals surface area contributed by atoms with Crippen molar-refractivity contribution in [2.24, 2.45) is 5.92 Å². The maximum absolute atomic E-state index is 9.84. The monoisotopic (exact) mass is 239 g/mol. The number of aliphatic hydroxyl groups excluding tert-OH is 1. The average Bonchev–Trinajstić information content (AvgIpc) is 2.79. The Morgan fingerprint density at radius 1 is 1.41 bits per heavy atom. The van der Waals surface area contributed by atoms with Crippen molar-refractivity contribution in [2.75, 3.05) is 6.54 Å². The number of aromatic nitrogens is 2. The Balaban J connectivity index is 2.16. The normalized spacial score (nSPS) is 16.7. The van der Waals surface area contributed by atoms with E-state index in [9.17, 15) is 5.11 Å². The van der Waals surface area contributed by atoms with E-state index in [0.29, 0.717) is 19.1 Å². The molecule has 17 heavy (non-hydrogen) atoms. The zero-order valence-electron chi connectivity index (χ0n) is 11.1. The van der Waals surface area contributed by atoms with Gasteiger partial charge in [0.1, 0.15) is 0 Å². The van der Waals surface area contributed by atoms with Crippen LogP contribution >= 0.6 is 0 Å². The van der Waals surface area contributed by atoms with Gasteiger partial charge >= 0.3 is 0 Å². The van der Waals surface area contributed by atoms with Gasteiger partial charge in [0.15, 0.2) is 0 Å². The Hall–Kier alpha value is -0.870. The van der Waals surface area contributed by atoms with Gasteiger partial charge < -0.3 is 10.4 Å². The Kier molecular flexibility index (Phi) is 6.22. The van der Waals surface area contributed by atoms with Gasteiger partial charge in [0.2, 0.25) is 0 Å². The summed E-state index contributed by atoms with van der Waals surface area (Å²) >= 11 is 0. The lowest BCUT2D eigenvalue weighted by atomic mass is 10.0. The van der Waals surface area contributed by atoms with Crippen LogP contribution in [-0.4, -0.2) is 33.6 Å². The summed E-state index contributed by atoms with van der Waals surface area (Å²) in [5, 5.41) is 17.3. The van der Waals surface area contributed by atoms with Gasteiger partial charge in [0, 0.05) is 25.0 Å². The Morgan fingerprint density at radius 2 is 2.18 bits per heavy atom. The predicted molar refractivity (Wildman–Crippen MR) is 69.8 cm³/mol. The van der Waals surface area contributed by atoms with E-state index in [2.05, 4.69) is 31.2 Å². The Morgan fingerprint density at radius 3 is 2.76 bits per heavy atom. The molecular formula is C13H25N3O. The molecule has 1 heterocycles. The van der Waals surface area contributed by atoms with Crippen LogP contribution in [0.25, 0.3) is 0 Å². The highest BCUT2D eigenvalue weighted by Crippen LogP contribution is 2.09. The topological polar surface area (TPSA) is 50.1 Å². The summed E-state index contributed by atoms with van der Waals surface area (Å²) in [6.45, 7) is 7.82. The van der Waals surface area contributed by atoms with E-state index in [-0.39, 0.29) is 6.10 Å². The maximum Gasteiger partial charge on any atom is 0.0860 e. The number of hydrogen-bond donors (Lipinski definition) is 2. The van der Waals surface area contributed by atoms with Crippen LogP contribution in [0.4, 0.5) is 0 Å². The van der Waals surface area contributed by atoms with Crippen LogP contribution in [0.3, 0.4) is 0 Å². The molecule has 1 rings (SSSR count). The quantitative estimate of drug-likeness (QED) is 0.725. The minimum absolute atomic E-state index is 0.380. The first-order chi connectivity index (χ1) is 8.11. The third kappa shape index (κ3) is 5.84. The summed E-state index contributed by atoms with van der Waals surface area (Å²) in [5.74, 6) is 0.737. The van der Waals surface area contributed by atoms with Crippen LogP contribution in [0.5, 0.6) is 0 Å². The van der Waals surface area contributed by atoms with Gasteiger partial charge in [-0.25, -0.2) is 0 Å². The van der Waals surface area contributed by atoms with Crippen LogP contribution in [0.15, 0.2) is 18.5 Å². The molecule has 0 fully saturated rings. The van der Waals surface area contributed by atoms with E-state index in [1.54, 1.807) is 10.9 Å². The minimum atomic E-state index is -0.380. The number of rotatable bonds is 8. The van der Waals surface area contributed by atoms with Gasteiger partial charge in [-0.3, -0.25) is 4.68 Å². The molecule has 4 heteroatoms. The number of aliphatic hydroxyl groups is 1. The SMILES string of the molecule is CCC(C)CC(C)NCC(O)Cn1cccn1. The summed E-state index contributed by atoms with van der Waals surface area (Å²) in [6, 6.07) is 2.32. The molecule has 98 valence electrons. The zero-order valence-corrected chi connectivity index (χ0v) is 11.1. The van der Waals surface area contributed by atoms with Crippen LogP contribution in [0.1, 0.15) is 33.6 Å². The molecule has 3 unspecified atom stereocenters. The number of nitrogens with one attached hydrogen (secondary N) is 1. The van der Waals surface area contributed by atoms with Crippen molar-refractivity contribution < 1.29 is 5.11 Å². The molecule has 0 aliphatic carbocycles. The van der Waals surface area contributed by atoms with Crippen molar-refractivity contribution in [3.05, 3.63) is 18.5 Å². The highest BCUT2D eigenvalue weighted by Gasteiger charge is 2.10. The molecule has 0 spiro atoms. The average molecular weight is 239 g/mol. The van der Waals surface area contributed by atoms with Crippen molar-refractivity contribution in [3.8, 4) is 0 Å². The lowest BCUT2D eigenvalue weighted by Gasteiger charge is -2.19. The van der Waals surface area contributed by atoms with Crippen LogP contribution in [-0.2, 0) is 6.54 Å². The van der Waals surface area contributed by atoms with Crippen molar-refractivity contribution in [3.63, 3.8) is 0 Å². The lowest BCUT2D eigenvalue weighted by molar-refractivity contribution is 0.142. The highest BCUT2D eigenvalue weighted by atomic mass is 16.3. The minimum Gasteiger partial charge on any atom is -0.390 e. The van der Waals surface area contributed by atoms with Gasteiger partial charge in [-0.15, -0.1) is 0 Å². The standard InChI is InChI=1S/C13H25N3O/c1-4-11(2)8-12(3)14-9-13(17)10-16-7-5-6-15-16/h5-7,11-14,17H,4,8-10H2,1-3H3. The van der Waals surface area contributed by atoms with Crippen molar-refractivity contribution in [1.29, 1.82) is 0 Å². The van der Waals surface area contributed by atoms with Crippen molar-refractivity contribution >= 4 is 0 Å². The molecular weight excluding hydrogens is 214 g/mol. The second-order valence-electron chi connectivity index (χ2n) is 4.94. The second-order valence-corrected chi connectivity index (χ2v) is 4.94. The maximum atomic E-state index is 9.84. The molecule has 0 aromatic carbocycles. The van der Waals surface area contributed by atoms with Crippen LogP contribution < -0.4 is 5.32 Å². The summed E-state index contributed by atoms with van der Waals surface area (Å²) in [4.78, 5) is 0. The molecule has 4 nitrogen and oxygen atoms in total. The molecule has 0 saturated heterocycles.